The third kappa shape index (κ3) is 6.86. The number of para-hydroxylation sites is 1. The predicted octanol–water partition coefficient (Wildman–Crippen LogP) is -1.83. The van der Waals surface area contributed by atoms with Gasteiger partial charge in [0, 0.05) is 22.4 Å². The number of phenols is 2. The number of carboxylic acid groups (broad SMARTS) is 1. The van der Waals surface area contributed by atoms with Crippen LogP contribution in [0.15, 0.2) is 80.0 Å². The molecular formula is C27H20N7NaO8S3. The number of nitrogens with one attached hydrogen (secondary N) is 1. The molecule has 6 rings (SSSR count). The molecule has 2 aromatic carbocycles. The van der Waals surface area contributed by atoms with E-state index in [0.29, 0.717) is 16.9 Å². The van der Waals surface area contributed by atoms with Gasteiger partial charge in [0.05, 0.1) is 11.7 Å². The maximum Gasteiger partial charge on any atom is 1.00 e. The number of amides is 2. The number of hydrogen-bond acceptors (Lipinski definition) is 16. The molecule has 0 spiro atoms. The van der Waals surface area contributed by atoms with Gasteiger partial charge in [-0.05, 0) is 35.9 Å². The van der Waals surface area contributed by atoms with Crippen molar-refractivity contribution < 1.29 is 68.5 Å². The van der Waals surface area contributed by atoms with E-state index in [-0.39, 0.29) is 85.9 Å². The molecule has 2 atom stereocenters. The SMILES string of the molecule is Nc1nc(C(=NOc2ccccc2)C(=O)N[C@@H]2C(=O)N3C(C(=O)[O-])=C(CSc4nnc(-c5ccc(O)c(O)c5)o4)CS[C@@H]23)cs1.[Na+]. The van der Waals surface area contributed by atoms with Gasteiger partial charge < -0.3 is 40.4 Å². The van der Waals surface area contributed by atoms with Gasteiger partial charge in [0.15, 0.2) is 28.1 Å². The number of thiazole rings is 1. The number of rotatable bonds is 10. The number of nitrogens with zero attached hydrogens (tertiary/aromatic N) is 5. The number of nitrogens with two attached hydrogens (primary N) is 1. The molecule has 230 valence electrons. The second kappa shape index (κ2) is 14.1. The van der Waals surface area contributed by atoms with Gasteiger partial charge in [0.25, 0.3) is 17.0 Å². The van der Waals surface area contributed by atoms with E-state index in [1.54, 1.807) is 30.3 Å². The van der Waals surface area contributed by atoms with E-state index in [4.69, 9.17) is 15.0 Å². The molecule has 0 saturated carbocycles. The van der Waals surface area contributed by atoms with Crippen LogP contribution in [-0.4, -0.2) is 76.7 Å². The molecule has 2 aliphatic rings. The molecule has 1 fully saturated rings. The molecule has 2 amide bonds. The van der Waals surface area contributed by atoms with E-state index in [2.05, 4.69) is 25.7 Å². The van der Waals surface area contributed by atoms with E-state index in [1.807, 2.05) is 0 Å². The number of hydrogen-bond donors (Lipinski definition) is 4. The summed E-state index contributed by atoms with van der Waals surface area (Å²) in [6.07, 6.45) is 0. The fraction of sp³-hybridized carbons (Fsp3) is 0.148. The molecule has 2 aromatic heterocycles. The maximum atomic E-state index is 13.3. The summed E-state index contributed by atoms with van der Waals surface area (Å²) in [5, 5.41) is 47.0. The molecule has 2 aliphatic heterocycles. The normalized spacial score (nSPS) is 17.5. The number of nitrogen functional groups attached to an aromatic ring is 1. The van der Waals surface area contributed by atoms with Crippen molar-refractivity contribution in [2.24, 2.45) is 5.16 Å². The molecule has 1 saturated heterocycles. The standard InChI is InChI=1S/C27H21N7O8S3.Na/c28-26-29-15(11-44-26)18(33-42-14-4-2-1-3-5-14)21(37)30-19-23(38)34-20(25(39)40)13(9-43-24(19)34)10-45-27-32-31-22(41-27)12-6-7-16(35)17(36)8-12;/h1-8,11,19,24,35-36H,9-10H2,(H2,28,29)(H,30,37)(H,39,40);/q;+1/p-1/t19-,24+;/m1./s1. The first-order chi connectivity index (χ1) is 21.7. The van der Waals surface area contributed by atoms with Crippen LogP contribution in [0.1, 0.15) is 5.69 Å². The molecule has 4 heterocycles. The first kappa shape index (κ1) is 33.3. The first-order valence-electron chi connectivity index (χ1n) is 12.9. The van der Waals surface area contributed by atoms with Crippen molar-refractivity contribution in [1.29, 1.82) is 0 Å². The van der Waals surface area contributed by atoms with Crippen LogP contribution >= 0.6 is 34.9 Å². The van der Waals surface area contributed by atoms with Gasteiger partial charge in [0.2, 0.25) is 5.89 Å². The Morgan fingerprint density at radius 2 is 1.98 bits per heavy atom. The number of aromatic hydroxyl groups is 2. The van der Waals surface area contributed by atoms with Crippen LogP contribution in [0.5, 0.6) is 17.2 Å². The smallest absolute Gasteiger partial charge is 0.543 e. The van der Waals surface area contributed by atoms with Crippen molar-refractivity contribution in [2.45, 2.75) is 16.6 Å². The number of anilines is 1. The summed E-state index contributed by atoms with van der Waals surface area (Å²) in [5.41, 5.74) is 6.14. The van der Waals surface area contributed by atoms with Crippen molar-refractivity contribution in [3.63, 3.8) is 0 Å². The number of aromatic nitrogens is 3. The van der Waals surface area contributed by atoms with Gasteiger partial charge in [-0.15, -0.1) is 33.3 Å². The van der Waals surface area contributed by atoms with Crippen LogP contribution in [0.2, 0.25) is 0 Å². The monoisotopic (exact) mass is 689 g/mol. The van der Waals surface area contributed by atoms with Gasteiger partial charge >= 0.3 is 29.6 Å². The van der Waals surface area contributed by atoms with Crippen LogP contribution < -0.4 is 50.6 Å². The Morgan fingerprint density at radius 3 is 2.67 bits per heavy atom. The minimum absolute atomic E-state index is 0. The summed E-state index contributed by atoms with van der Waals surface area (Å²) in [4.78, 5) is 49.3. The van der Waals surface area contributed by atoms with Crippen molar-refractivity contribution in [3.05, 3.63) is 70.9 Å². The van der Waals surface area contributed by atoms with Crippen LogP contribution in [0.3, 0.4) is 0 Å². The van der Waals surface area contributed by atoms with Gasteiger partial charge in [-0.3, -0.25) is 14.5 Å². The quantitative estimate of drug-likeness (QED) is 0.0359. The van der Waals surface area contributed by atoms with Crippen molar-refractivity contribution in [3.8, 4) is 28.7 Å². The number of carboxylic acids is 1. The number of fused-ring (bicyclic) bond motifs is 1. The van der Waals surface area contributed by atoms with Crippen LogP contribution in [-0.2, 0) is 14.4 Å². The topological polar surface area (TPSA) is 229 Å². The third-order valence-electron chi connectivity index (χ3n) is 6.49. The van der Waals surface area contributed by atoms with Crippen LogP contribution in [0.25, 0.3) is 11.5 Å². The van der Waals surface area contributed by atoms with Crippen molar-refractivity contribution in [1.82, 2.24) is 25.4 Å². The van der Waals surface area contributed by atoms with Gasteiger partial charge in [-0.1, -0.05) is 35.1 Å². The van der Waals surface area contributed by atoms with E-state index >= 15 is 0 Å². The first-order valence-corrected chi connectivity index (χ1v) is 15.8. The van der Waals surface area contributed by atoms with E-state index < -0.39 is 29.2 Å². The molecule has 0 radical (unpaired) electrons. The summed E-state index contributed by atoms with van der Waals surface area (Å²) in [6, 6.07) is 11.5. The summed E-state index contributed by atoms with van der Waals surface area (Å²) in [6.45, 7) is 0. The van der Waals surface area contributed by atoms with Gasteiger partial charge in [0.1, 0.15) is 17.1 Å². The molecule has 19 heteroatoms. The molecule has 15 nitrogen and oxygen atoms in total. The second-order valence-corrected chi connectivity index (χ2v) is 12.3. The summed E-state index contributed by atoms with van der Waals surface area (Å²) < 4.78 is 5.60. The zero-order chi connectivity index (χ0) is 31.7. The number of carbonyl (C=O) groups is 3. The van der Waals surface area contributed by atoms with Crippen LogP contribution in [0.4, 0.5) is 5.13 Å². The summed E-state index contributed by atoms with van der Waals surface area (Å²) in [5.74, 6) is -2.87. The Hall–Kier alpha value is -4.07. The minimum Gasteiger partial charge on any atom is -0.543 e. The number of β-lactam (4-membered cyclic amide) rings is 1. The number of oxime groups is 1. The van der Waals surface area contributed by atoms with E-state index in [1.165, 1.54) is 35.3 Å². The second-order valence-electron chi connectivity index (χ2n) is 9.38. The molecule has 0 aliphatic carbocycles. The molecular weight excluding hydrogens is 670 g/mol. The fourth-order valence-electron chi connectivity index (χ4n) is 4.36. The molecule has 4 aromatic rings. The Bertz CT molecular complexity index is 1870. The summed E-state index contributed by atoms with van der Waals surface area (Å²) >= 11 is 3.41. The van der Waals surface area contributed by atoms with Gasteiger partial charge in [-0.2, -0.15) is 0 Å². The third-order valence-corrected chi connectivity index (χ3v) is 9.41. The Morgan fingerprint density at radius 1 is 1.20 bits per heavy atom. The molecule has 0 bridgehead atoms. The average molecular weight is 690 g/mol. The van der Waals surface area contributed by atoms with Crippen molar-refractivity contribution >= 4 is 63.5 Å². The Kier molecular flexibility index (Phi) is 10.2. The predicted molar refractivity (Wildman–Crippen MR) is 161 cm³/mol. The number of phenolic OH excluding ortho intramolecular Hbond substituents is 2. The Labute approximate surface area is 294 Å². The van der Waals surface area contributed by atoms with E-state index in [9.17, 15) is 29.7 Å². The average Bonchev–Trinajstić information content (AvgIpc) is 3.69. The minimum atomic E-state index is -1.55. The van der Waals surface area contributed by atoms with Crippen molar-refractivity contribution in [2.75, 3.05) is 17.2 Å². The number of carbonyl (C=O) groups excluding carboxylic acids is 3. The zero-order valence-electron chi connectivity index (χ0n) is 23.6. The molecule has 5 N–H and O–H groups in total. The number of thioether (sulfide) groups is 2. The van der Waals surface area contributed by atoms with E-state index in [0.717, 1.165) is 28.0 Å². The molecule has 0 unspecified atom stereocenters. The largest absolute Gasteiger partial charge is 1.00 e. The fourth-order valence-corrected chi connectivity index (χ4v) is 7.16. The summed E-state index contributed by atoms with van der Waals surface area (Å²) in [7, 11) is 0. The molecule has 46 heavy (non-hydrogen) atoms. The maximum absolute atomic E-state index is 13.3. The van der Waals surface area contributed by atoms with Crippen LogP contribution in [0, 0.1) is 0 Å². The number of benzene rings is 2. The zero-order valence-corrected chi connectivity index (χ0v) is 28.1. The number of aliphatic carboxylic acids is 1. The van der Waals surface area contributed by atoms with Gasteiger partial charge in [-0.25, -0.2) is 4.98 Å². The Balaban J connectivity index is 0.00000417.